The molecule has 0 aliphatic heterocycles. The van der Waals surface area contributed by atoms with E-state index in [0.717, 1.165) is 27.5 Å². The number of aliphatic hydroxyl groups is 2. The van der Waals surface area contributed by atoms with Crippen molar-refractivity contribution in [2.75, 3.05) is 19.5 Å². The fourth-order valence-electron chi connectivity index (χ4n) is 3.18. The van der Waals surface area contributed by atoms with E-state index in [1.165, 1.54) is 10.8 Å². The predicted molar refractivity (Wildman–Crippen MR) is 118 cm³/mol. The smallest absolute Gasteiger partial charge is 0.261 e. The van der Waals surface area contributed by atoms with Crippen LogP contribution >= 0.6 is 0 Å². The maximum Gasteiger partial charge on any atom is 0.261 e. The Morgan fingerprint density at radius 3 is 2.27 bits per heavy atom. The van der Waals surface area contributed by atoms with Crippen molar-refractivity contribution in [3.8, 4) is 0 Å². The summed E-state index contributed by atoms with van der Waals surface area (Å²) in [6.45, 7) is 2.12. The molecule has 30 heavy (non-hydrogen) atoms. The Morgan fingerprint density at radius 1 is 0.967 bits per heavy atom. The van der Waals surface area contributed by atoms with Gasteiger partial charge in [0.15, 0.2) is 0 Å². The summed E-state index contributed by atoms with van der Waals surface area (Å²) in [6.07, 6.45) is 0.715. The number of aliphatic hydroxyl groups excluding tert-OH is 2. The van der Waals surface area contributed by atoms with Gasteiger partial charge in [-0.3, -0.25) is 4.55 Å². The van der Waals surface area contributed by atoms with Crippen molar-refractivity contribution in [2.45, 2.75) is 19.0 Å². The van der Waals surface area contributed by atoms with Crippen molar-refractivity contribution in [3.63, 3.8) is 0 Å². The van der Waals surface area contributed by atoms with Gasteiger partial charge in [0.05, 0.1) is 25.0 Å². The van der Waals surface area contributed by atoms with Gasteiger partial charge >= 0.3 is 0 Å². The second-order valence-corrected chi connectivity index (χ2v) is 9.02. The van der Waals surface area contributed by atoms with E-state index < -0.39 is 15.7 Å². The summed E-state index contributed by atoms with van der Waals surface area (Å²) >= 11 is 0. The van der Waals surface area contributed by atoms with E-state index in [4.69, 9.17) is 8.97 Å². The van der Waals surface area contributed by atoms with Crippen molar-refractivity contribution < 1.29 is 27.6 Å². The molecule has 8 heteroatoms. The van der Waals surface area contributed by atoms with Crippen LogP contribution in [-0.4, -0.2) is 48.2 Å². The SMILES string of the molecule is CC(CO)(CO)NCc1ccc2oc3ccc4ccccc4c3c2c1.CS(=O)(=O)O. The minimum atomic E-state index is -3.67. The van der Waals surface area contributed by atoms with Crippen molar-refractivity contribution in [1.82, 2.24) is 5.32 Å². The largest absolute Gasteiger partial charge is 0.456 e. The minimum absolute atomic E-state index is 0.120. The van der Waals surface area contributed by atoms with Gasteiger partial charge in [-0.1, -0.05) is 36.4 Å². The third-order valence-corrected chi connectivity index (χ3v) is 4.84. The number of benzene rings is 3. The van der Waals surface area contributed by atoms with Crippen LogP contribution in [0, 0.1) is 0 Å². The zero-order valence-electron chi connectivity index (χ0n) is 16.8. The fraction of sp³-hybridized carbons (Fsp3) is 0.273. The highest BCUT2D eigenvalue weighted by molar-refractivity contribution is 7.85. The molecule has 3 aromatic carbocycles. The Morgan fingerprint density at radius 2 is 1.60 bits per heavy atom. The van der Waals surface area contributed by atoms with Crippen LogP contribution in [0.25, 0.3) is 32.7 Å². The highest BCUT2D eigenvalue weighted by Crippen LogP contribution is 2.35. The maximum absolute atomic E-state index is 9.42. The zero-order valence-corrected chi connectivity index (χ0v) is 17.6. The van der Waals surface area contributed by atoms with E-state index in [-0.39, 0.29) is 13.2 Å². The Labute approximate surface area is 174 Å². The summed E-state index contributed by atoms with van der Waals surface area (Å²) in [7, 11) is -3.67. The molecular weight excluding hydrogens is 406 g/mol. The second kappa shape index (κ2) is 8.71. The fourth-order valence-corrected chi connectivity index (χ4v) is 3.18. The zero-order chi connectivity index (χ0) is 21.9. The van der Waals surface area contributed by atoms with Crippen LogP contribution in [0.15, 0.2) is 59.0 Å². The van der Waals surface area contributed by atoms with Crippen molar-refractivity contribution in [2.24, 2.45) is 0 Å². The molecule has 0 saturated heterocycles. The van der Waals surface area contributed by atoms with Gasteiger partial charge in [0.2, 0.25) is 0 Å². The van der Waals surface area contributed by atoms with Crippen LogP contribution in [0.1, 0.15) is 12.5 Å². The lowest BCUT2D eigenvalue weighted by Gasteiger charge is -2.26. The summed E-state index contributed by atoms with van der Waals surface area (Å²) in [5.41, 5.74) is 2.13. The van der Waals surface area contributed by atoms with Crippen molar-refractivity contribution in [3.05, 3.63) is 60.2 Å². The summed E-state index contributed by atoms with van der Waals surface area (Å²) in [6, 6.07) is 18.5. The first-order valence-corrected chi connectivity index (χ1v) is 11.2. The third-order valence-electron chi connectivity index (χ3n) is 4.84. The molecule has 0 amide bonds. The van der Waals surface area contributed by atoms with Crippen LogP contribution < -0.4 is 5.32 Å². The van der Waals surface area contributed by atoms with Gasteiger partial charge in [0, 0.05) is 17.3 Å². The van der Waals surface area contributed by atoms with Crippen molar-refractivity contribution >= 4 is 42.8 Å². The minimum Gasteiger partial charge on any atom is -0.456 e. The normalized spacial score (nSPS) is 12.3. The van der Waals surface area contributed by atoms with Crippen LogP contribution in [0.3, 0.4) is 0 Å². The number of hydrogen-bond acceptors (Lipinski definition) is 6. The molecule has 1 aromatic heterocycles. The van der Waals surface area contributed by atoms with Gasteiger partial charge in [0.25, 0.3) is 10.1 Å². The van der Waals surface area contributed by atoms with Crippen LogP contribution in [0.4, 0.5) is 0 Å². The van der Waals surface area contributed by atoms with E-state index >= 15 is 0 Å². The Bertz CT molecular complexity index is 1270. The number of hydrogen-bond donors (Lipinski definition) is 4. The standard InChI is InChI=1S/C21H21NO3.CH4O3S/c1-21(12-23,13-24)22-11-14-6-8-18-17(10-14)20-16-5-3-2-4-15(16)7-9-19(20)25-18;1-5(2,3)4/h2-10,22-24H,11-13H2,1H3;1H3,(H,2,3,4). The first-order valence-electron chi connectivity index (χ1n) is 9.36. The Hall–Kier alpha value is -2.49. The van der Waals surface area contributed by atoms with Gasteiger partial charge in [0.1, 0.15) is 11.2 Å². The third kappa shape index (κ3) is 5.16. The molecule has 0 bridgehead atoms. The predicted octanol–water partition coefficient (Wildman–Crippen LogP) is 3.08. The van der Waals surface area contributed by atoms with Crippen LogP contribution in [-0.2, 0) is 16.7 Å². The number of rotatable bonds is 5. The highest BCUT2D eigenvalue weighted by atomic mass is 32.2. The molecule has 4 aromatic rings. The summed E-state index contributed by atoms with van der Waals surface area (Å²) in [5.74, 6) is 0. The van der Waals surface area contributed by atoms with E-state index in [1.807, 2.05) is 30.3 Å². The Balaban J connectivity index is 0.000000461. The van der Waals surface area contributed by atoms with Gasteiger partial charge in [-0.25, -0.2) is 0 Å². The van der Waals surface area contributed by atoms with Crippen molar-refractivity contribution in [1.29, 1.82) is 0 Å². The number of furan rings is 1. The molecule has 0 atom stereocenters. The quantitative estimate of drug-likeness (QED) is 0.359. The van der Waals surface area contributed by atoms with Crippen LogP contribution in [0.5, 0.6) is 0 Å². The van der Waals surface area contributed by atoms with Crippen LogP contribution in [0.2, 0.25) is 0 Å². The molecular formula is C22H25NO6S. The molecule has 0 aliphatic carbocycles. The van der Waals surface area contributed by atoms with E-state index in [2.05, 4.69) is 29.6 Å². The monoisotopic (exact) mass is 431 g/mol. The highest BCUT2D eigenvalue weighted by Gasteiger charge is 2.21. The molecule has 0 spiro atoms. The maximum atomic E-state index is 9.42. The summed E-state index contributed by atoms with van der Waals surface area (Å²) in [5, 5.41) is 26.7. The molecule has 0 fully saturated rings. The van der Waals surface area contributed by atoms with Gasteiger partial charge in [-0.05, 0) is 41.5 Å². The second-order valence-electron chi connectivity index (χ2n) is 7.56. The molecule has 0 unspecified atom stereocenters. The lowest BCUT2D eigenvalue weighted by molar-refractivity contribution is 0.103. The van der Waals surface area contributed by atoms with E-state index in [9.17, 15) is 18.6 Å². The van der Waals surface area contributed by atoms with E-state index in [0.29, 0.717) is 12.8 Å². The Kier molecular flexibility index (Phi) is 6.44. The number of fused-ring (bicyclic) bond motifs is 5. The number of nitrogens with one attached hydrogen (secondary N) is 1. The molecule has 4 rings (SSSR count). The average Bonchev–Trinajstić information content (AvgIpc) is 3.09. The molecule has 0 saturated carbocycles. The molecule has 1 heterocycles. The summed E-state index contributed by atoms with van der Waals surface area (Å²) < 4.78 is 31.9. The first kappa shape index (κ1) is 22.2. The lowest BCUT2D eigenvalue weighted by Crippen LogP contribution is -2.48. The molecule has 160 valence electrons. The average molecular weight is 432 g/mol. The summed E-state index contributed by atoms with van der Waals surface area (Å²) in [4.78, 5) is 0. The van der Waals surface area contributed by atoms with Gasteiger partial charge in [-0.2, -0.15) is 8.42 Å². The van der Waals surface area contributed by atoms with Gasteiger partial charge < -0.3 is 19.9 Å². The van der Waals surface area contributed by atoms with E-state index in [1.54, 1.807) is 6.92 Å². The molecule has 0 aliphatic rings. The lowest BCUT2D eigenvalue weighted by atomic mass is 10.0. The topological polar surface area (TPSA) is 120 Å². The molecule has 4 N–H and O–H groups in total. The molecule has 7 nitrogen and oxygen atoms in total. The molecule has 0 radical (unpaired) electrons. The van der Waals surface area contributed by atoms with Gasteiger partial charge in [-0.15, -0.1) is 0 Å². The first-order chi connectivity index (χ1) is 14.1.